The molecule has 0 saturated heterocycles. The third-order valence-electron chi connectivity index (χ3n) is 5.12. The lowest BCUT2D eigenvalue weighted by molar-refractivity contribution is -0.116. The second-order valence-corrected chi connectivity index (χ2v) is 8.44. The summed E-state index contributed by atoms with van der Waals surface area (Å²) in [5, 5.41) is 2.77. The first-order chi connectivity index (χ1) is 12.0. The topological polar surface area (TPSA) is 75.3 Å². The molecule has 2 aromatic rings. The molecule has 1 amide bonds. The highest BCUT2D eigenvalue weighted by atomic mass is 32.2. The number of aryl methyl sites for hydroxylation is 1. The zero-order valence-electron chi connectivity index (χ0n) is 14.0. The van der Waals surface area contributed by atoms with E-state index in [0.717, 1.165) is 30.4 Å². The largest absolute Gasteiger partial charge is 0.325 e. The normalized spacial score (nSPS) is 22.2. The van der Waals surface area contributed by atoms with E-state index in [1.807, 2.05) is 18.2 Å². The number of benzene rings is 2. The van der Waals surface area contributed by atoms with Gasteiger partial charge in [0.2, 0.25) is 15.9 Å². The predicted molar refractivity (Wildman–Crippen MR) is 95.9 cm³/mol. The predicted octanol–water partition coefficient (Wildman–Crippen LogP) is 3.10. The van der Waals surface area contributed by atoms with Crippen molar-refractivity contribution in [3.8, 4) is 0 Å². The van der Waals surface area contributed by atoms with Gasteiger partial charge in [0.25, 0.3) is 0 Å². The summed E-state index contributed by atoms with van der Waals surface area (Å²) in [6.45, 7) is 1.78. The summed E-state index contributed by atoms with van der Waals surface area (Å²) in [6.07, 6.45) is 2.74. The quantitative estimate of drug-likeness (QED) is 0.887. The van der Waals surface area contributed by atoms with E-state index in [0.29, 0.717) is 5.69 Å². The second-order valence-electron chi connectivity index (χ2n) is 6.72. The zero-order valence-corrected chi connectivity index (χ0v) is 14.8. The van der Waals surface area contributed by atoms with Crippen LogP contribution in [0.5, 0.6) is 0 Å². The Labute approximate surface area is 147 Å². The minimum absolute atomic E-state index is 0.0984. The van der Waals surface area contributed by atoms with Gasteiger partial charge >= 0.3 is 0 Å². The summed E-state index contributed by atoms with van der Waals surface area (Å²) in [5.74, 6) is -0.431. The first kappa shape index (κ1) is 16.3. The van der Waals surface area contributed by atoms with Crippen LogP contribution in [-0.2, 0) is 21.2 Å². The first-order valence-electron chi connectivity index (χ1n) is 8.50. The smallest absolute Gasteiger partial charge is 0.241 e. The number of fused-ring (bicyclic) bond motifs is 2. The maximum absolute atomic E-state index is 12.9. The molecule has 1 aliphatic carbocycles. The van der Waals surface area contributed by atoms with Gasteiger partial charge in [-0.3, -0.25) is 4.79 Å². The second kappa shape index (κ2) is 5.97. The minimum atomic E-state index is -3.65. The van der Waals surface area contributed by atoms with Crippen molar-refractivity contribution in [1.29, 1.82) is 0 Å². The minimum Gasteiger partial charge on any atom is -0.325 e. The fourth-order valence-corrected chi connectivity index (χ4v) is 4.98. The molecule has 25 heavy (non-hydrogen) atoms. The molecule has 1 aliphatic heterocycles. The summed E-state index contributed by atoms with van der Waals surface area (Å²) < 4.78 is 28.6. The molecule has 0 radical (unpaired) electrons. The van der Waals surface area contributed by atoms with Gasteiger partial charge in [0.15, 0.2) is 0 Å². The number of hydrogen-bond donors (Lipinski definition) is 2. The molecule has 1 heterocycles. The van der Waals surface area contributed by atoms with E-state index in [4.69, 9.17) is 0 Å². The Bertz CT molecular complexity index is 953. The first-order valence-corrected chi connectivity index (χ1v) is 9.99. The van der Waals surface area contributed by atoms with Crippen LogP contribution < -0.4 is 10.0 Å². The summed E-state index contributed by atoms with van der Waals surface area (Å²) in [4.78, 5) is 12.0. The van der Waals surface area contributed by atoms with Gasteiger partial charge in [0.1, 0.15) is 0 Å². The van der Waals surface area contributed by atoms with Crippen molar-refractivity contribution in [2.24, 2.45) is 0 Å². The Balaban J connectivity index is 1.65. The van der Waals surface area contributed by atoms with Crippen LogP contribution in [0.25, 0.3) is 0 Å². The van der Waals surface area contributed by atoms with Gasteiger partial charge in [0, 0.05) is 11.7 Å². The van der Waals surface area contributed by atoms with E-state index >= 15 is 0 Å². The lowest BCUT2D eigenvalue weighted by Crippen LogP contribution is -2.31. The van der Waals surface area contributed by atoms with Crippen molar-refractivity contribution < 1.29 is 13.2 Å². The van der Waals surface area contributed by atoms with Gasteiger partial charge in [-0.15, -0.1) is 0 Å². The average molecular weight is 356 g/mol. The number of rotatable bonds is 3. The molecule has 2 atom stereocenters. The Morgan fingerprint density at radius 2 is 1.92 bits per heavy atom. The van der Waals surface area contributed by atoms with Gasteiger partial charge < -0.3 is 5.32 Å². The monoisotopic (exact) mass is 356 g/mol. The molecule has 0 saturated carbocycles. The third kappa shape index (κ3) is 2.85. The van der Waals surface area contributed by atoms with Gasteiger partial charge in [-0.05, 0) is 61.1 Å². The van der Waals surface area contributed by atoms with Crippen LogP contribution in [0.3, 0.4) is 0 Å². The summed E-state index contributed by atoms with van der Waals surface area (Å²) in [6, 6.07) is 12.6. The Hall–Kier alpha value is -2.18. The van der Waals surface area contributed by atoms with Crippen molar-refractivity contribution in [2.45, 2.75) is 43.0 Å². The molecule has 0 unspecified atom stereocenters. The molecule has 0 spiro atoms. The number of sulfonamides is 1. The molecule has 0 fully saturated rings. The van der Waals surface area contributed by atoms with E-state index in [-0.39, 0.29) is 22.8 Å². The fourth-order valence-electron chi connectivity index (χ4n) is 3.69. The molecule has 4 rings (SSSR count). The third-order valence-corrected chi connectivity index (χ3v) is 6.59. The molecule has 2 N–H and O–H groups in total. The van der Waals surface area contributed by atoms with Crippen molar-refractivity contribution in [3.63, 3.8) is 0 Å². The highest BCUT2D eigenvalue weighted by Crippen LogP contribution is 2.35. The molecule has 6 heteroatoms. The number of amides is 1. The molecule has 5 nitrogen and oxygen atoms in total. The lowest BCUT2D eigenvalue weighted by atomic mass is 9.88. The molecule has 0 bridgehead atoms. The van der Waals surface area contributed by atoms with Crippen molar-refractivity contribution in [2.75, 3.05) is 5.32 Å². The van der Waals surface area contributed by atoms with E-state index in [9.17, 15) is 13.2 Å². The Kier molecular flexibility index (Phi) is 3.89. The number of nitrogens with one attached hydrogen (secondary N) is 2. The number of carbonyl (C=O) groups is 1. The number of hydrogen-bond acceptors (Lipinski definition) is 3. The molecule has 130 valence electrons. The van der Waals surface area contributed by atoms with Crippen LogP contribution >= 0.6 is 0 Å². The van der Waals surface area contributed by atoms with Gasteiger partial charge in [0.05, 0.1) is 10.8 Å². The summed E-state index contributed by atoms with van der Waals surface area (Å²) in [5.41, 5.74) is 3.69. The van der Waals surface area contributed by atoms with Crippen molar-refractivity contribution in [3.05, 3.63) is 59.2 Å². The van der Waals surface area contributed by atoms with Crippen LogP contribution in [-0.4, -0.2) is 14.3 Å². The van der Waals surface area contributed by atoms with Gasteiger partial charge in [-0.2, -0.15) is 0 Å². The molecular formula is C19H20N2O3S. The maximum Gasteiger partial charge on any atom is 0.241 e. The fraction of sp³-hybridized carbons (Fsp3) is 0.316. The molecular weight excluding hydrogens is 336 g/mol. The van der Waals surface area contributed by atoms with E-state index in [1.54, 1.807) is 25.1 Å². The van der Waals surface area contributed by atoms with Crippen LogP contribution in [0.1, 0.15) is 48.4 Å². The standard InChI is InChI=1S/C19H20N2O3S/c1-12-16-11-14(9-10-17(16)20-19(12)22)25(23,24)21-18-8-4-6-13-5-2-3-7-15(13)18/h2-3,5,7,9-12,18,21H,4,6,8H2,1H3,(H,20,22)/t12-,18-/m1/s1. The highest BCUT2D eigenvalue weighted by molar-refractivity contribution is 7.89. The molecule has 2 aliphatic rings. The van der Waals surface area contributed by atoms with Crippen molar-refractivity contribution >= 4 is 21.6 Å². The Morgan fingerprint density at radius 3 is 2.76 bits per heavy atom. The maximum atomic E-state index is 12.9. The van der Waals surface area contributed by atoms with Gasteiger partial charge in [-0.1, -0.05) is 24.3 Å². The average Bonchev–Trinajstić information content (AvgIpc) is 2.89. The van der Waals surface area contributed by atoms with E-state index in [2.05, 4.69) is 16.1 Å². The van der Waals surface area contributed by atoms with E-state index in [1.165, 1.54) is 5.56 Å². The number of carbonyl (C=O) groups excluding carboxylic acids is 1. The van der Waals surface area contributed by atoms with Gasteiger partial charge in [-0.25, -0.2) is 13.1 Å². The molecule has 0 aromatic heterocycles. The van der Waals surface area contributed by atoms with Crippen LogP contribution in [0, 0.1) is 0 Å². The van der Waals surface area contributed by atoms with Crippen LogP contribution in [0.2, 0.25) is 0 Å². The number of anilines is 1. The molecule has 2 aromatic carbocycles. The summed E-state index contributed by atoms with van der Waals surface area (Å²) >= 11 is 0. The van der Waals surface area contributed by atoms with Crippen LogP contribution in [0.15, 0.2) is 47.4 Å². The Morgan fingerprint density at radius 1 is 1.12 bits per heavy atom. The highest BCUT2D eigenvalue weighted by Gasteiger charge is 2.30. The zero-order chi connectivity index (χ0) is 17.6. The lowest BCUT2D eigenvalue weighted by Gasteiger charge is -2.26. The SMILES string of the molecule is C[C@H]1C(=O)Nc2ccc(S(=O)(=O)N[C@@H]3CCCc4ccccc43)cc21. The van der Waals surface area contributed by atoms with E-state index < -0.39 is 10.0 Å². The summed E-state index contributed by atoms with van der Waals surface area (Å²) in [7, 11) is -3.65. The van der Waals surface area contributed by atoms with Crippen LogP contribution in [0.4, 0.5) is 5.69 Å². The van der Waals surface area contributed by atoms with Crippen molar-refractivity contribution in [1.82, 2.24) is 4.72 Å².